The number of imidazole rings is 1. The zero-order valence-electron chi connectivity index (χ0n) is 12.7. The summed E-state index contributed by atoms with van der Waals surface area (Å²) in [6.07, 6.45) is 5.27. The van der Waals surface area contributed by atoms with Gasteiger partial charge in [-0.2, -0.15) is 0 Å². The highest BCUT2D eigenvalue weighted by Crippen LogP contribution is 2.30. The standard InChI is InChI=1S/C15H13N7OS/c1-2-22-11-7-12(24-9-3-5-17-6-4-9)18-8-10(11)19-15(22)13-14(16)21-23-20-13/h3-8H,2H2,1H3,(H2,16,21). The molecule has 0 aliphatic rings. The third-order valence-corrected chi connectivity index (χ3v) is 4.46. The van der Waals surface area contributed by atoms with Crippen LogP contribution in [0.1, 0.15) is 6.92 Å². The molecule has 0 aromatic carbocycles. The van der Waals surface area contributed by atoms with Gasteiger partial charge in [-0.1, -0.05) is 11.8 Å². The fraction of sp³-hybridized carbons (Fsp3) is 0.133. The van der Waals surface area contributed by atoms with Crippen molar-refractivity contribution < 1.29 is 4.63 Å². The first-order valence-corrected chi connectivity index (χ1v) is 8.10. The fourth-order valence-electron chi connectivity index (χ4n) is 2.44. The van der Waals surface area contributed by atoms with E-state index in [9.17, 15) is 0 Å². The molecular formula is C15H13N7OS. The van der Waals surface area contributed by atoms with Crippen molar-refractivity contribution in [1.82, 2.24) is 29.8 Å². The first-order valence-electron chi connectivity index (χ1n) is 7.29. The number of hydrogen-bond donors (Lipinski definition) is 1. The molecule has 4 aromatic heterocycles. The Morgan fingerprint density at radius 3 is 2.79 bits per heavy atom. The highest BCUT2D eigenvalue weighted by Gasteiger charge is 2.19. The predicted molar refractivity (Wildman–Crippen MR) is 89.3 cm³/mol. The third kappa shape index (κ3) is 2.48. The molecule has 24 heavy (non-hydrogen) atoms. The summed E-state index contributed by atoms with van der Waals surface area (Å²) in [6, 6.07) is 5.89. The lowest BCUT2D eigenvalue weighted by molar-refractivity contribution is 0.310. The highest BCUT2D eigenvalue weighted by atomic mass is 32.2. The van der Waals surface area contributed by atoms with Gasteiger partial charge in [-0.25, -0.2) is 14.6 Å². The Morgan fingerprint density at radius 1 is 1.25 bits per heavy atom. The second kappa shape index (κ2) is 5.93. The maximum absolute atomic E-state index is 5.80. The van der Waals surface area contributed by atoms with Crippen LogP contribution in [0, 0.1) is 0 Å². The molecule has 0 aliphatic heterocycles. The molecule has 120 valence electrons. The highest BCUT2D eigenvalue weighted by molar-refractivity contribution is 7.99. The fourth-order valence-corrected chi connectivity index (χ4v) is 3.22. The smallest absolute Gasteiger partial charge is 0.199 e. The van der Waals surface area contributed by atoms with E-state index in [1.165, 1.54) is 0 Å². The molecule has 9 heteroatoms. The van der Waals surface area contributed by atoms with Gasteiger partial charge in [0, 0.05) is 23.8 Å². The summed E-state index contributed by atoms with van der Waals surface area (Å²) < 4.78 is 6.71. The first kappa shape index (κ1) is 14.6. The minimum absolute atomic E-state index is 0.222. The lowest BCUT2D eigenvalue weighted by Gasteiger charge is -2.05. The van der Waals surface area contributed by atoms with E-state index >= 15 is 0 Å². The Morgan fingerprint density at radius 2 is 2.08 bits per heavy atom. The van der Waals surface area contributed by atoms with Crippen LogP contribution in [-0.4, -0.2) is 29.8 Å². The minimum atomic E-state index is 0.222. The van der Waals surface area contributed by atoms with E-state index < -0.39 is 0 Å². The number of rotatable bonds is 4. The van der Waals surface area contributed by atoms with Crippen LogP contribution in [0.3, 0.4) is 0 Å². The van der Waals surface area contributed by atoms with Crippen molar-refractivity contribution in [3.63, 3.8) is 0 Å². The van der Waals surface area contributed by atoms with Gasteiger partial charge in [0.1, 0.15) is 10.5 Å². The average Bonchev–Trinajstić information content (AvgIpc) is 3.18. The van der Waals surface area contributed by atoms with Crippen LogP contribution in [0.15, 0.2) is 51.3 Å². The maximum atomic E-state index is 5.80. The van der Waals surface area contributed by atoms with Crippen molar-refractivity contribution in [3.05, 3.63) is 36.8 Å². The number of nitrogen functional groups attached to an aromatic ring is 1. The quantitative estimate of drug-likeness (QED) is 0.604. The Balaban J connectivity index is 1.80. The number of anilines is 1. The maximum Gasteiger partial charge on any atom is 0.199 e. The lowest BCUT2D eigenvalue weighted by atomic mass is 10.4. The number of aryl methyl sites for hydroxylation is 1. The van der Waals surface area contributed by atoms with Crippen LogP contribution < -0.4 is 5.73 Å². The van der Waals surface area contributed by atoms with Gasteiger partial charge in [-0.3, -0.25) is 4.98 Å². The van der Waals surface area contributed by atoms with E-state index in [1.54, 1.807) is 30.4 Å². The third-order valence-electron chi connectivity index (χ3n) is 3.52. The topological polar surface area (TPSA) is 109 Å². The van der Waals surface area contributed by atoms with Crippen molar-refractivity contribution in [2.45, 2.75) is 23.4 Å². The molecule has 0 atom stereocenters. The Labute approximate surface area is 141 Å². The van der Waals surface area contributed by atoms with Crippen molar-refractivity contribution >= 4 is 28.6 Å². The van der Waals surface area contributed by atoms with E-state index in [0.29, 0.717) is 18.1 Å². The van der Waals surface area contributed by atoms with E-state index in [4.69, 9.17) is 10.4 Å². The molecule has 0 spiro atoms. The molecular weight excluding hydrogens is 326 g/mol. The molecule has 0 saturated heterocycles. The number of hydrogen-bond acceptors (Lipinski definition) is 8. The van der Waals surface area contributed by atoms with Gasteiger partial charge in [0.2, 0.25) is 0 Å². The minimum Gasteiger partial charge on any atom is -0.379 e. The number of nitrogens with two attached hydrogens (primary N) is 1. The Bertz CT molecular complexity index is 996. The van der Waals surface area contributed by atoms with Gasteiger partial charge in [0.15, 0.2) is 17.3 Å². The SMILES string of the molecule is CCn1c(-c2nonc2N)nc2cnc(Sc3ccncc3)cc21. The summed E-state index contributed by atoms with van der Waals surface area (Å²) >= 11 is 1.57. The van der Waals surface area contributed by atoms with Crippen LogP contribution in [0.2, 0.25) is 0 Å². The van der Waals surface area contributed by atoms with Crippen LogP contribution in [0.5, 0.6) is 0 Å². The number of pyridine rings is 2. The van der Waals surface area contributed by atoms with Gasteiger partial charge < -0.3 is 10.3 Å². The van der Waals surface area contributed by atoms with Gasteiger partial charge >= 0.3 is 0 Å². The van der Waals surface area contributed by atoms with Crippen LogP contribution in [0.25, 0.3) is 22.6 Å². The summed E-state index contributed by atoms with van der Waals surface area (Å²) in [7, 11) is 0. The van der Waals surface area contributed by atoms with Crippen molar-refractivity contribution in [1.29, 1.82) is 0 Å². The zero-order valence-corrected chi connectivity index (χ0v) is 13.6. The predicted octanol–water partition coefficient (Wildman–Crippen LogP) is 2.63. The molecule has 0 amide bonds. The zero-order chi connectivity index (χ0) is 16.5. The largest absolute Gasteiger partial charge is 0.379 e. The average molecular weight is 339 g/mol. The molecule has 4 heterocycles. The second-order valence-electron chi connectivity index (χ2n) is 4.97. The molecule has 4 aromatic rings. The summed E-state index contributed by atoms with van der Waals surface area (Å²) in [5, 5.41) is 8.35. The van der Waals surface area contributed by atoms with Gasteiger partial charge in [0.05, 0.1) is 11.7 Å². The van der Waals surface area contributed by atoms with Gasteiger partial charge in [-0.15, -0.1) is 0 Å². The second-order valence-corrected chi connectivity index (χ2v) is 6.07. The molecule has 0 fully saturated rings. The van der Waals surface area contributed by atoms with Crippen molar-refractivity contribution in [2.75, 3.05) is 5.73 Å². The normalized spacial score (nSPS) is 11.2. The van der Waals surface area contributed by atoms with Gasteiger partial charge in [0.25, 0.3) is 0 Å². The van der Waals surface area contributed by atoms with Crippen molar-refractivity contribution in [2.24, 2.45) is 0 Å². The van der Waals surface area contributed by atoms with Crippen LogP contribution in [-0.2, 0) is 6.54 Å². The number of aromatic nitrogens is 6. The monoisotopic (exact) mass is 339 g/mol. The molecule has 0 aliphatic carbocycles. The summed E-state index contributed by atoms with van der Waals surface area (Å²) in [5.74, 6) is 0.846. The Kier molecular flexibility index (Phi) is 3.62. The van der Waals surface area contributed by atoms with Crippen molar-refractivity contribution in [3.8, 4) is 11.5 Å². The van der Waals surface area contributed by atoms with Crippen LogP contribution in [0.4, 0.5) is 5.82 Å². The number of fused-ring (bicyclic) bond motifs is 1. The molecule has 0 unspecified atom stereocenters. The first-order chi connectivity index (χ1) is 11.8. The van der Waals surface area contributed by atoms with E-state index in [2.05, 4.69) is 25.3 Å². The van der Waals surface area contributed by atoms with E-state index in [-0.39, 0.29) is 5.82 Å². The van der Waals surface area contributed by atoms with Crippen LogP contribution >= 0.6 is 11.8 Å². The molecule has 0 saturated carbocycles. The summed E-state index contributed by atoms with van der Waals surface area (Å²) in [4.78, 5) is 14.1. The van der Waals surface area contributed by atoms with E-state index in [0.717, 1.165) is 21.0 Å². The lowest BCUT2D eigenvalue weighted by Crippen LogP contribution is -2.00. The molecule has 0 radical (unpaired) electrons. The Hall–Kier alpha value is -2.94. The molecule has 8 nitrogen and oxygen atoms in total. The summed E-state index contributed by atoms with van der Waals surface area (Å²) in [5.41, 5.74) is 7.98. The molecule has 0 bridgehead atoms. The summed E-state index contributed by atoms with van der Waals surface area (Å²) in [6.45, 7) is 2.74. The molecule has 4 rings (SSSR count). The van der Waals surface area contributed by atoms with Gasteiger partial charge in [-0.05, 0) is 35.4 Å². The number of nitrogens with zero attached hydrogens (tertiary/aromatic N) is 6. The van der Waals surface area contributed by atoms with E-state index in [1.807, 2.05) is 29.7 Å². The molecule has 2 N–H and O–H groups in total.